The molecule has 6 heteroatoms. The molecule has 1 aliphatic heterocycles. The van der Waals surface area contributed by atoms with Crippen LogP contribution in [-0.2, 0) is 21.5 Å². The van der Waals surface area contributed by atoms with Gasteiger partial charge in [-0.2, -0.15) is 0 Å². The van der Waals surface area contributed by atoms with Crippen molar-refractivity contribution in [3.05, 3.63) is 35.5 Å². The number of hydrogen-bond donors (Lipinski definition) is 2. The molecule has 0 radical (unpaired) electrons. The Morgan fingerprint density at radius 3 is 2.75 bits per heavy atom. The number of esters is 1. The molecule has 2 amide bonds. The molecule has 1 aliphatic carbocycles. The van der Waals surface area contributed by atoms with E-state index in [1.54, 1.807) is 18.7 Å². The minimum atomic E-state index is -1.17. The zero-order chi connectivity index (χ0) is 19.7. The number of rotatable bonds is 3. The quantitative estimate of drug-likeness (QED) is 0.791. The first kappa shape index (κ1) is 18.8. The number of H-pyrrole nitrogens is 1. The number of nitrogens with one attached hydrogen (secondary N) is 2. The highest BCUT2D eigenvalue weighted by Gasteiger charge is 2.50. The van der Waals surface area contributed by atoms with Crippen molar-refractivity contribution >= 4 is 22.9 Å². The predicted molar refractivity (Wildman–Crippen MR) is 108 cm³/mol. The third-order valence-corrected chi connectivity index (χ3v) is 6.28. The van der Waals surface area contributed by atoms with Crippen molar-refractivity contribution in [2.45, 2.75) is 64.0 Å². The number of hydrogen-bond acceptors (Lipinski definition) is 3. The molecule has 1 aromatic heterocycles. The van der Waals surface area contributed by atoms with Crippen LogP contribution in [0.4, 0.5) is 4.79 Å². The number of carbonyl (C=O) groups excluding carboxylic acids is 2. The Morgan fingerprint density at radius 1 is 1.25 bits per heavy atom. The average molecular weight is 383 g/mol. The van der Waals surface area contributed by atoms with Gasteiger partial charge in [0.05, 0.1) is 12.3 Å². The zero-order valence-corrected chi connectivity index (χ0v) is 16.7. The van der Waals surface area contributed by atoms with Gasteiger partial charge in [-0.15, -0.1) is 0 Å². The summed E-state index contributed by atoms with van der Waals surface area (Å²) in [6, 6.07) is 8.06. The normalized spacial score (nSPS) is 22.7. The summed E-state index contributed by atoms with van der Waals surface area (Å²) in [6.07, 6.45) is 6.25. The van der Waals surface area contributed by atoms with Crippen molar-refractivity contribution in [2.75, 3.05) is 13.2 Å². The molecular weight excluding hydrogens is 354 g/mol. The maximum absolute atomic E-state index is 13.2. The van der Waals surface area contributed by atoms with Gasteiger partial charge in [0, 0.05) is 23.5 Å². The van der Waals surface area contributed by atoms with Crippen LogP contribution in [0.3, 0.4) is 0 Å². The molecule has 0 unspecified atom stereocenters. The van der Waals surface area contributed by atoms with Crippen molar-refractivity contribution < 1.29 is 14.3 Å². The number of nitrogens with zero attached hydrogens (tertiary/aromatic N) is 1. The molecule has 4 rings (SSSR count). The summed E-state index contributed by atoms with van der Waals surface area (Å²) in [7, 11) is 0. The number of amides is 2. The van der Waals surface area contributed by atoms with Crippen molar-refractivity contribution in [3.8, 4) is 0 Å². The maximum atomic E-state index is 13.2. The van der Waals surface area contributed by atoms with E-state index in [-0.39, 0.29) is 24.6 Å². The third-order valence-electron chi connectivity index (χ3n) is 6.28. The summed E-state index contributed by atoms with van der Waals surface area (Å²) >= 11 is 0. The third kappa shape index (κ3) is 3.05. The molecule has 6 nitrogen and oxygen atoms in total. The van der Waals surface area contributed by atoms with Gasteiger partial charge >= 0.3 is 12.0 Å². The van der Waals surface area contributed by atoms with Crippen molar-refractivity contribution in [1.29, 1.82) is 0 Å². The number of benzene rings is 1. The fourth-order valence-electron chi connectivity index (χ4n) is 4.75. The van der Waals surface area contributed by atoms with Gasteiger partial charge in [-0.25, -0.2) is 9.59 Å². The monoisotopic (exact) mass is 383 g/mol. The van der Waals surface area contributed by atoms with Gasteiger partial charge in [0.2, 0.25) is 0 Å². The van der Waals surface area contributed by atoms with Crippen LogP contribution >= 0.6 is 0 Å². The lowest BCUT2D eigenvalue weighted by atomic mass is 9.86. The summed E-state index contributed by atoms with van der Waals surface area (Å²) < 4.78 is 5.43. The van der Waals surface area contributed by atoms with Gasteiger partial charge in [-0.05, 0) is 44.7 Å². The summed E-state index contributed by atoms with van der Waals surface area (Å²) in [5.74, 6) is -0.388. The number of aromatic nitrogens is 1. The zero-order valence-electron chi connectivity index (χ0n) is 16.7. The first-order valence-electron chi connectivity index (χ1n) is 10.4. The van der Waals surface area contributed by atoms with E-state index >= 15 is 0 Å². The van der Waals surface area contributed by atoms with Crippen LogP contribution in [-0.4, -0.2) is 41.1 Å². The Bertz CT molecular complexity index is 884. The Morgan fingerprint density at radius 2 is 2.00 bits per heavy atom. The number of ether oxygens (including phenoxy) is 1. The Balaban J connectivity index is 1.72. The minimum absolute atomic E-state index is 0.174. The molecule has 1 aromatic carbocycles. The first-order chi connectivity index (χ1) is 13.6. The molecular formula is C22H29N3O3. The second-order valence-corrected chi connectivity index (χ2v) is 8.00. The van der Waals surface area contributed by atoms with E-state index in [0.29, 0.717) is 13.0 Å². The van der Waals surface area contributed by atoms with E-state index < -0.39 is 5.54 Å². The van der Waals surface area contributed by atoms with Gasteiger partial charge in [-0.1, -0.05) is 37.5 Å². The highest BCUT2D eigenvalue weighted by molar-refractivity contribution is 5.93. The fourth-order valence-corrected chi connectivity index (χ4v) is 4.75. The fraction of sp³-hybridized carbons (Fsp3) is 0.545. The number of para-hydroxylation sites is 1. The minimum Gasteiger partial charge on any atom is -0.464 e. The van der Waals surface area contributed by atoms with E-state index in [1.807, 2.05) is 18.2 Å². The van der Waals surface area contributed by atoms with Gasteiger partial charge in [0.1, 0.15) is 0 Å². The van der Waals surface area contributed by atoms with Crippen molar-refractivity contribution in [3.63, 3.8) is 0 Å². The predicted octanol–water partition coefficient (Wildman–Crippen LogP) is 3.85. The standard InChI is InChI=1S/C22H29N3O3/c1-3-28-20(26)22(2)19-17(16-11-7-8-12-18(16)24-19)13-14-25(22)21(27)23-15-9-5-4-6-10-15/h7-8,11-12,15,24H,3-6,9-10,13-14H2,1-2H3,(H,23,27)/t22-/m0/s1. The van der Waals surface area contributed by atoms with E-state index in [9.17, 15) is 9.59 Å². The number of fused-ring (bicyclic) bond motifs is 3. The van der Waals surface area contributed by atoms with Crippen LogP contribution in [0.1, 0.15) is 57.2 Å². The Kier molecular flexibility index (Phi) is 5.04. The van der Waals surface area contributed by atoms with E-state index in [1.165, 1.54) is 6.42 Å². The lowest BCUT2D eigenvalue weighted by Gasteiger charge is -2.43. The van der Waals surface area contributed by atoms with E-state index in [0.717, 1.165) is 47.8 Å². The summed E-state index contributed by atoms with van der Waals surface area (Å²) in [5.41, 5.74) is 1.70. The lowest BCUT2D eigenvalue weighted by Crippen LogP contribution is -2.60. The largest absolute Gasteiger partial charge is 0.464 e. The van der Waals surface area contributed by atoms with E-state index in [4.69, 9.17) is 4.74 Å². The molecule has 0 bridgehead atoms. The molecule has 0 saturated heterocycles. The number of carbonyl (C=O) groups is 2. The van der Waals surface area contributed by atoms with Crippen LogP contribution in [0, 0.1) is 0 Å². The van der Waals surface area contributed by atoms with Crippen LogP contribution in [0.2, 0.25) is 0 Å². The highest BCUT2D eigenvalue weighted by atomic mass is 16.5. The molecule has 2 aromatic rings. The molecule has 0 spiro atoms. The molecule has 28 heavy (non-hydrogen) atoms. The van der Waals surface area contributed by atoms with Crippen LogP contribution in [0.25, 0.3) is 10.9 Å². The van der Waals surface area contributed by atoms with Crippen molar-refractivity contribution in [1.82, 2.24) is 15.2 Å². The molecule has 2 heterocycles. The van der Waals surface area contributed by atoms with E-state index in [2.05, 4.69) is 16.4 Å². The topological polar surface area (TPSA) is 74.4 Å². The first-order valence-corrected chi connectivity index (χ1v) is 10.4. The summed E-state index contributed by atoms with van der Waals surface area (Å²) in [5, 5.41) is 4.28. The molecule has 1 fully saturated rings. The Hall–Kier alpha value is -2.50. The number of urea groups is 1. The second-order valence-electron chi connectivity index (χ2n) is 8.00. The van der Waals surface area contributed by atoms with Gasteiger partial charge < -0.3 is 19.9 Å². The van der Waals surface area contributed by atoms with Crippen LogP contribution in [0.5, 0.6) is 0 Å². The number of aromatic amines is 1. The molecule has 150 valence electrons. The Labute approximate surface area is 165 Å². The lowest BCUT2D eigenvalue weighted by molar-refractivity contribution is -0.156. The summed E-state index contributed by atoms with van der Waals surface area (Å²) in [4.78, 5) is 31.4. The highest BCUT2D eigenvalue weighted by Crippen LogP contribution is 2.40. The maximum Gasteiger partial charge on any atom is 0.338 e. The molecule has 2 N–H and O–H groups in total. The second kappa shape index (κ2) is 7.49. The van der Waals surface area contributed by atoms with Crippen LogP contribution in [0.15, 0.2) is 24.3 Å². The van der Waals surface area contributed by atoms with Crippen LogP contribution < -0.4 is 5.32 Å². The van der Waals surface area contributed by atoms with Gasteiger partial charge in [0.15, 0.2) is 5.54 Å². The van der Waals surface area contributed by atoms with Gasteiger partial charge in [0.25, 0.3) is 0 Å². The summed E-state index contributed by atoms with van der Waals surface area (Å²) in [6.45, 7) is 4.37. The average Bonchev–Trinajstić information content (AvgIpc) is 3.09. The molecule has 1 atom stereocenters. The smallest absolute Gasteiger partial charge is 0.338 e. The van der Waals surface area contributed by atoms with Crippen molar-refractivity contribution in [2.24, 2.45) is 0 Å². The molecule has 1 saturated carbocycles. The van der Waals surface area contributed by atoms with Gasteiger partial charge in [-0.3, -0.25) is 0 Å². The SMILES string of the molecule is CCOC(=O)[C@]1(C)c2[nH]c3ccccc3c2CCN1C(=O)NC1CCCCC1. The molecule has 2 aliphatic rings.